The summed E-state index contributed by atoms with van der Waals surface area (Å²) in [6.45, 7) is 1.96. The highest BCUT2D eigenvalue weighted by atomic mass is 19.4. The number of ether oxygens (including phenoxy) is 1. The summed E-state index contributed by atoms with van der Waals surface area (Å²) in [6.07, 6.45) is -1.01. The molecule has 10 heteroatoms. The molecule has 2 amide bonds. The van der Waals surface area contributed by atoms with Gasteiger partial charge in [-0.2, -0.15) is 18.4 Å². The van der Waals surface area contributed by atoms with Crippen molar-refractivity contribution < 1.29 is 32.3 Å². The Morgan fingerprint density at radius 1 is 1.12 bits per heavy atom. The first-order valence-electron chi connectivity index (χ1n) is 11.4. The minimum absolute atomic E-state index is 0.147. The highest BCUT2D eigenvalue weighted by Crippen LogP contribution is 2.30. The first-order chi connectivity index (χ1) is 16.0. The first-order valence-corrected chi connectivity index (χ1v) is 11.4. The quantitative estimate of drug-likeness (QED) is 0.647. The lowest BCUT2D eigenvalue weighted by atomic mass is 9.82. The SMILES string of the molecule is CC(OC(=O)C1CCN(C(=O)c2ccc(C(F)(F)F)cc2)CC1)C(=O)NC1(C#N)CCCCC1. The van der Waals surface area contributed by atoms with Gasteiger partial charge in [0.1, 0.15) is 5.54 Å². The van der Waals surface area contributed by atoms with Gasteiger partial charge in [0, 0.05) is 18.7 Å². The van der Waals surface area contributed by atoms with Crippen molar-refractivity contribution >= 4 is 17.8 Å². The van der Waals surface area contributed by atoms with Crippen LogP contribution >= 0.6 is 0 Å². The molecule has 1 saturated heterocycles. The molecule has 2 aliphatic rings. The van der Waals surface area contributed by atoms with Crippen LogP contribution in [0, 0.1) is 17.2 Å². The van der Waals surface area contributed by atoms with Crippen LogP contribution in [0.2, 0.25) is 0 Å². The molecule has 34 heavy (non-hydrogen) atoms. The van der Waals surface area contributed by atoms with E-state index in [1.807, 2.05) is 0 Å². The third-order valence-corrected chi connectivity index (χ3v) is 6.52. The molecule has 0 aromatic heterocycles. The molecule has 1 unspecified atom stereocenters. The number of nitrogens with one attached hydrogen (secondary N) is 1. The third-order valence-electron chi connectivity index (χ3n) is 6.52. The number of carbonyl (C=O) groups is 3. The molecule has 184 valence electrons. The molecule has 2 fully saturated rings. The van der Waals surface area contributed by atoms with Crippen molar-refractivity contribution in [3.63, 3.8) is 0 Å². The average Bonchev–Trinajstić information content (AvgIpc) is 2.83. The number of alkyl halides is 3. The van der Waals surface area contributed by atoms with Crippen LogP contribution in [-0.4, -0.2) is 47.4 Å². The van der Waals surface area contributed by atoms with Crippen LogP contribution in [0.4, 0.5) is 13.2 Å². The molecule has 1 saturated carbocycles. The number of nitriles is 1. The van der Waals surface area contributed by atoms with E-state index in [1.165, 1.54) is 11.8 Å². The minimum Gasteiger partial charge on any atom is -0.452 e. The van der Waals surface area contributed by atoms with Crippen LogP contribution in [0.25, 0.3) is 0 Å². The molecule has 1 atom stereocenters. The van der Waals surface area contributed by atoms with E-state index in [0.29, 0.717) is 25.7 Å². The molecule has 1 N–H and O–H groups in total. The fraction of sp³-hybridized carbons (Fsp3) is 0.583. The Morgan fingerprint density at radius 2 is 1.71 bits per heavy atom. The molecule has 0 bridgehead atoms. The molecule has 3 rings (SSSR count). The van der Waals surface area contributed by atoms with Crippen LogP contribution in [0.15, 0.2) is 24.3 Å². The van der Waals surface area contributed by atoms with Gasteiger partial charge in [0.2, 0.25) is 0 Å². The predicted octanol–water partition coefficient (Wildman–Crippen LogP) is 3.83. The van der Waals surface area contributed by atoms with Crippen molar-refractivity contribution in [2.24, 2.45) is 5.92 Å². The Balaban J connectivity index is 1.49. The van der Waals surface area contributed by atoms with Crippen molar-refractivity contribution in [3.8, 4) is 6.07 Å². The van der Waals surface area contributed by atoms with E-state index in [4.69, 9.17) is 4.74 Å². The smallest absolute Gasteiger partial charge is 0.416 e. The Kier molecular flexibility index (Phi) is 7.85. The van der Waals surface area contributed by atoms with Crippen molar-refractivity contribution in [2.45, 2.75) is 69.7 Å². The Hall–Kier alpha value is -3.09. The maximum atomic E-state index is 12.7. The second kappa shape index (κ2) is 10.5. The maximum absolute atomic E-state index is 12.7. The number of carbonyl (C=O) groups excluding carboxylic acids is 3. The average molecular weight is 479 g/mol. The summed E-state index contributed by atoms with van der Waals surface area (Å²) in [7, 11) is 0. The summed E-state index contributed by atoms with van der Waals surface area (Å²) in [5.41, 5.74) is -1.60. The van der Waals surface area contributed by atoms with Crippen molar-refractivity contribution in [2.75, 3.05) is 13.1 Å². The summed E-state index contributed by atoms with van der Waals surface area (Å²) in [6, 6.07) is 6.22. The molecule has 1 aromatic carbocycles. The fourth-order valence-corrected chi connectivity index (χ4v) is 4.38. The van der Waals surface area contributed by atoms with Gasteiger partial charge in [0.25, 0.3) is 11.8 Å². The Labute approximate surface area is 196 Å². The minimum atomic E-state index is -4.47. The van der Waals surface area contributed by atoms with Crippen LogP contribution in [0.3, 0.4) is 0 Å². The largest absolute Gasteiger partial charge is 0.452 e. The Bertz CT molecular complexity index is 942. The van der Waals surface area contributed by atoms with Gasteiger partial charge in [0.05, 0.1) is 17.6 Å². The van der Waals surface area contributed by atoms with Gasteiger partial charge in [-0.1, -0.05) is 19.3 Å². The highest BCUT2D eigenvalue weighted by Gasteiger charge is 2.37. The van der Waals surface area contributed by atoms with Crippen molar-refractivity contribution in [1.82, 2.24) is 10.2 Å². The summed E-state index contributed by atoms with van der Waals surface area (Å²) >= 11 is 0. The monoisotopic (exact) mass is 479 g/mol. The summed E-state index contributed by atoms with van der Waals surface area (Å²) in [5.74, 6) is -1.94. The van der Waals surface area contributed by atoms with Crippen LogP contribution < -0.4 is 5.32 Å². The molecule has 0 spiro atoms. The van der Waals surface area contributed by atoms with E-state index < -0.39 is 47.1 Å². The second-order valence-corrected chi connectivity index (χ2v) is 8.96. The van der Waals surface area contributed by atoms with Crippen molar-refractivity contribution in [1.29, 1.82) is 5.26 Å². The van der Waals surface area contributed by atoms with Crippen LogP contribution in [0.1, 0.15) is 67.8 Å². The standard InChI is InChI=1S/C24H28F3N3O4/c1-16(20(31)29-23(15-28)11-3-2-4-12-23)34-22(33)18-9-13-30(14-10-18)21(32)17-5-7-19(8-6-17)24(25,26)27/h5-8,16,18H,2-4,9-14H2,1H3,(H,29,31). The lowest BCUT2D eigenvalue weighted by Gasteiger charge is -2.33. The maximum Gasteiger partial charge on any atom is 0.416 e. The molecule has 1 aliphatic heterocycles. The number of rotatable bonds is 5. The van der Waals surface area contributed by atoms with Gasteiger partial charge in [-0.25, -0.2) is 0 Å². The highest BCUT2D eigenvalue weighted by molar-refractivity contribution is 5.94. The molecule has 0 radical (unpaired) electrons. The van der Waals surface area contributed by atoms with E-state index in [2.05, 4.69) is 11.4 Å². The van der Waals surface area contributed by atoms with E-state index in [0.717, 1.165) is 43.5 Å². The number of nitrogens with zero attached hydrogens (tertiary/aromatic N) is 2. The van der Waals surface area contributed by atoms with Gasteiger partial charge in [0.15, 0.2) is 6.10 Å². The second-order valence-electron chi connectivity index (χ2n) is 8.96. The zero-order valence-corrected chi connectivity index (χ0v) is 19.0. The molecule has 1 aromatic rings. The summed E-state index contributed by atoms with van der Waals surface area (Å²) in [4.78, 5) is 39.2. The molecule has 7 nitrogen and oxygen atoms in total. The predicted molar refractivity (Wildman–Crippen MR) is 115 cm³/mol. The zero-order chi connectivity index (χ0) is 24.9. The number of likely N-dealkylation sites (tertiary alicyclic amines) is 1. The fourth-order valence-electron chi connectivity index (χ4n) is 4.38. The summed E-state index contributed by atoms with van der Waals surface area (Å²) in [5, 5.41) is 12.2. The number of halogens is 3. The van der Waals surface area contributed by atoms with Gasteiger partial charge >= 0.3 is 12.1 Å². The topological polar surface area (TPSA) is 99.5 Å². The van der Waals surface area contributed by atoms with E-state index in [9.17, 15) is 32.8 Å². The number of amides is 2. The molecule has 1 heterocycles. The summed E-state index contributed by atoms with van der Waals surface area (Å²) < 4.78 is 43.5. The van der Waals surface area contributed by atoms with Gasteiger partial charge in [-0.3, -0.25) is 14.4 Å². The first kappa shape index (κ1) is 25.5. The Morgan fingerprint density at radius 3 is 2.24 bits per heavy atom. The number of esters is 1. The number of piperidine rings is 1. The molecular formula is C24H28F3N3O4. The molecular weight excluding hydrogens is 451 g/mol. The number of hydrogen-bond donors (Lipinski definition) is 1. The van der Waals surface area contributed by atoms with E-state index in [-0.39, 0.29) is 18.7 Å². The zero-order valence-electron chi connectivity index (χ0n) is 19.0. The van der Waals surface area contributed by atoms with Crippen molar-refractivity contribution in [3.05, 3.63) is 35.4 Å². The molecule has 1 aliphatic carbocycles. The normalized spacial score (nSPS) is 19.6. The van der Waals surface area contributed by atoms with Crippen LogP contribution in [-0.2, 0) is 20.5 Å². The van der Waals surface area contributed by atoms with Gasteiger partial charge in [-0.05, 0) is 56.9 Å². The van der Waals surface area contributed by atoms with Crippen LogP contribution in [0.5, 0.6) is 0 Å². The lowest BCUT2D eigenvalue weighted by molar-refractivity contribution is -0.160. The third kappa shape index (κ3) is 6.07. The van der Waals surface area contributed by atoms with E-state index >= 15 is 0 Å². The number of hydrogen-bond acceptors (Lipinski definition) is 5. The van der Waals surface area contributed by atoms with Gasteiger partial charge in [-0.15, -0.1) is 0 Å². The number of benzene rings is 1. The van der Waals surface area contributed by atoms with Gasteiger partial charge < -0.3 is 15.0 Å². The lowest BCUT2D eigenvalue weighted by Crippen LogP contribution is -2.52. The van der Waals surface area contributed by atoms with E-state index in [1.54, 1.807) is 0 Å².